The van der Waals surface area contributed by atoms with Gasteiger partial charge in [-0.05, 0) is 12.8 Å². The first-order valence-corrected chi connectivity index (χ1v) is 8.43. The summed E-state index contributed by atoms with van der Waals surface area (Å²) in [5, 5.41) is 14.2. The highest BCUT2D eigenvalue weighted by Gasteiger charge is 2.33. The molecule has 2 aliphatic rings. The third-order valence-electron chi connectivity index (χ3n) is 5.01. The van der Waals surface area contributed by atoms with Crippen LogP contribution in [0.3, 0.4) is 0 Å². The zero-order valence-corrected chi connectivity index (χ0v) is 13.9. The Balaban J connectivity index is 1.59. The molecule has 8 nitrogen and oxygen atoms in total. The van der Waals surface area contributed by atoms with Crippen LogP contribution in [0, 0.1) is 0 Å². The first-order chi connectivity index (χ1) is 11.6. The maximum absolute atomic E-state index is 12.4. The third kappa shape index (κ3) is 3.59. The average Bonchev–Trinajstić information content (AvgIpc) is 3.05. The number of likely N-dealkylation sites (tertiary alicyclic amines) is 1. The van der Waals surface area contributed by atoms with Gasteiger partial charge in [0.05, 0.1) is 6.10 Å². The molecule has 8 heteroatoms. The molecular weight excluding hydrogens is 312 g/mol. The number of nitrogens with zero attached hydrogens (tertiary/aromatic N) is 4. The van der Waals surface area contributed by atoms with Gasteiger partial charge in [0.2, 0.25) is 5.91 Å². The Kier molecular flexibility index (Phi) is 5.15. The second-order valence-corrected chi connectivity index (χ2v) is 6.43. The maximum Gasteiger partial charge on any atom is 0.276 e. The number of rotatable bonds is 2. The zero-order chi connectivity index (χ0) is 17.1. The predicted octanol–water partition coefficient (Wildman–Crippen LogP) is -0.196. The number of piperazine rings is 1. The molecule has 2 fully saturated rings. The first kappa shape index (κ1) is 16.9. The van der Waals surface area contributed by atoms with E-state index in [0.29, 0.717) is 44.7 Å². The van der Waals surface area contributed by atoms with E-state index in [4.69, 9.17) is 4.52 Å². The minimum Gasteiger partial charge on any atom is -0.391 e. The number of amides is 2. The van der Waals surface area contributed by atoms with E-state index in [1.165, 1.54) is 6.26 Å². The van der Waals surface area contributed by atoms with Crippen LogP contribution in [0.4, 0.5) is 0 Å². The number of aliphatic hydroxyl groups excluding tert-OH is 1. The van der Waals surface area contributed by atoms with E-state index in [2.05, 4.69) is 10.1 Å². The molecule has 0 saturated carbocycles. The molecule has 24 heavy (non-hydrogen) atoms. The van der Waals surface area contributed by atoms with Crippen molar-refractivity contribution in [2.45, 2.75) is 31.9 Å². The summed E-state index contributed by atoms with van der Waals surface area (Å²) in [7, 11) is 0. The van der Waals surface area contributed by atoms with Crippen LogP contribution in [-0.4, -0.2) is 88.2 Å². The Labute approximate surface area is 141 Å². The largest absolute Gasteiger partial charge is 0.391 e. The molecule has 132 valence electrons. The second kappa shape index (κ2) is 7.31. The summed E-state index contributed by atoms with van der Waals surface area (Å²) in [6.07, 6.45) is 2.17. The molecule has 0 unspecified atom stereocenters. The second-order valence-electron chi connectivity index (χ2n) is 6.43. The van der Waals surface area contributed by atoms with Gasteiger partial charge >= 0.3 is 0 Å². The van der Waals surface area contributed by atoms with Crippen LogP contribution in [0.2, 0.25) is 0 Å². The Hall–Kier alpha value is -1.93. The molecule has 2 amide bonds. The summed E-state index contributed by atoms with van der Waals surface area (Å²) in [4.78, 5) is 29.6. The minimum absolute atomic E-state index is 0.0224. The van der Waals surface area contributed by atoms with Gasteiger partial charge in [-0.1, -0.05) is 5.16 Å². The number of carbonyl (C=O) groups is 2. The van der Waals surface area contributed by atoms with Crippen molar-refractivity contribution in [2.75, 3.05) is 39.3 Å². The quantitative estimate of drug-likeness (QED) is 0.805. The van der Waals surface area contributed by atoms with Gasteiger partial charge in [-0.2, -0.15) is 0 Å². The Morgan fingerprint density at radius 1 is 1.12 bits per heavy atom. The fraction of sp³-hybridized carbons (Fsp3) is 0.688. The van der Waals surface area contributed by atoms with Crippen LogP contribution >= 0.6 is 0 Å². The number of aliphatic hydroxyl groups is 1. The highest BCUT2D eigenvalue weighted by atomic mass is 16.5. The molecule has 1 aromatic rings. The molecule has 2 saturated heterocycles. The molecule has 2 atom stereocenters. The predicted molar refractivity (Wildman–Crippen MR) is 85.3 cm³/mol. The molecule has 1 aromatic heterocycles. The minimum atomic E-state index is -0.469. The number of hydrogen-bond acceptors (Lipinski definition) is 6. The molecule has 0 aliphatic carbocycles. The number of hydrogen-bond donors (Lipinski definition) is 1. The summed E-state index contributed by atoms with van der Waals surface area (Å²) >= 11 is 0. The molecule has 0 spiro atoms. The fourth-order valence-electron chi connectivity index (χ4n) is 3.56. The van der Waals surface area contributed by atoms with Gasteiger partial charge in [-0.3, -0.25) is 14.5 Å². The number of aromatic nitrogens is 1. The van der Waals surface area contributed by atoms with E-state index in [0.717, 1.165) is 13.1 Å². The van der Waals surface area contributed by atoms with Crippen LogP contribution in [0.15, 0.2) is 16.9 Å². The van der Waals surface area contributed by atoms with E-state index in [1.807, 2.05) is 4.90 Å². The van der Waals surface area contributed by atoms with E-state index >= 15 is 0 Å². The van der Waals surface area contributed by atoms with Gasteiger partial charge < -0.3 is 19.4 Å². The van der Waals surface area contributed by atoms with E-state index in [-0.39, 0.29) is 17.9 Å². The van der Waals surface area contributed by atoms with Gasteiger partial charge in [0.25, 0.3) is 5.91 Å². The van der Waals surface area contributed by atoms with Crippen molar-refractivity contribution in [3.05, 3.63) is 18.0 Å². The average molecular weight is 336 g/mol. The normalized spacial score (nSPS) is 26.2. The molecule has 2 aliphatic heterocycles. The molecule has 0 bridgehead atoms. The molecule has 3 rings (SSSR count). The zero-order valence-electron chi connectivity index (χ0n) is 13.9. The van der Waals surface area contributed by atoms with Gasteiger partial charge in [0.15, 0.2) is 5.69 Å². The fourth-order valence-corrected chi connectivity index (χ4v) is 3.56. The first-order valence-electron chi connectivity index (χ1n) is 8.43. The van der Waals surface area contributed by atoms with Crippen molar-refractivity contribution < 1.29 is 19.2 Å². The van der Waals surface area contributed by atoms with E-state index in [1.54, 1.807) is 17.9 Å². The van der Waals surface area contributed by atoms with Crippen molar-refractivity contribution >= 4 is 11.8 Å². The lowest BCUT2D eigenvalue weighted by molar-refractivity contribution is -0.131. The third-order valence-corrected chi connectivity index (χ3v) is 5.01. The highest BCUT2D eigenvalue weighted by molar-refractivity contribution is 5.92. The highest BCUT2D eigenvalue weighted by Crippen LogP contribution is 2.20. The maximum atomic E-state index is 12.4. The summed E-state index contributed by atoms with van der Waals surface area (Å²) in [6, 6.07) is 1.58. The monoisotopic (exact) mass is 336 g/mol. The topological polar surface area (TPSA) is 90.1 Å². The van der Waals surface area contributed by atoms with Crippen molar-refractivity contribution in [1.29, 1.82) is 0 Å². The molecule has 0 aromatic carbocycles. The van der Waals surface area contributed by atoms with Gasteiger partial charge in [0.1, 0.15) is 6.26 Å². The Bertz CT molecular complexity index is 569. The summed E-state index contributed by atoms with van der Waals surface area (Å²) in [5.74, 6) is -0.0570. The van der Waals surface area contributed by atoms with E-state index < -0.39 is 6.10 Å². The molecular formula is C16H24N4O4. The van der Waals surface area contributed by atoms with Crippen LogP contribution in [0.25, 0.3) is 0 Å². The lowest BCUT2D eigenvalue weighted by Gasteiger charge is -2.40. The standard InChI is InChI=1S/C16H24N4O4/c1-12(21)18-7-9-19(10-8-18)14-2-5-20(6-3-15(14)22)16(23)13-4-11-24-17-13/h4,11,14-15,22H,2-3,5-10H2,1H3/t14-,15-/m0/s1. The number of carbonyl (C=O) groups excluding carboxylic acids is 2. The molecule has 1 N–H and O–H groups in total. The van der Waals surface area contributed by atoms with Crippen molar-refractivity contribution in [1.82, 2.24) is 19.9 Å². The molecule has 0 radical (unpaired) electrons. The van der Waals surface area contributed by atoms with Crippen LogP contribution in [0.1, 0.15) is 30.3 Å². The lowest BCUT2D eigenvalue weighted by atomic mass is 10.0. The molecule has 3 heterocycles. The van der Waals surface area contributed by atoms with Crippen molar-refractivity contribution in [2.24, 2.45) is 0 Å². The van der Waals surface area contributed by atoms with Crippen LogP contribution in [-0.2, 0) is 4.79 Å². The van der Waals surface area contributed by atoms with Crippen LogP contribution < -0.4 is 0 Å². The Morgan fingerprint density at radius 3 is 2.46 bits per heavy atom. The van der Waals surface area contributed by atoms with Crippen LogP contribution in [0.5, 0.6) is 0 Å². The van der Waals surface area contributed by atoms with Crippen molar-refractivity contribution in [3.8, 4) is 0 Å². The summed E-state index contributed by atoms with van der Waals surface area (Å²) < 4.78 is 4.74. The summed E-state index contributed by atoms with van der Waals surface area (Å²) in [6.45, 7) is 5.60. The van der Waals surface area contributed by atoms with Gasteiger partial charge in [0, 0.05) is 58.3 Å². The van der Waals surface area contributed by atoms with Gasteiger partial charge in [-0.25, -0.2) is 0 Å². The van der Waals surface area contributed by atoms with Crippen molar-refractivity contribution in [3.63, 3.8) is 0 Å². The van der Waals surface area contributed by atoms with Gasteiger partial charge in [-0.15, -0.1) is 0 Å². The Morgan fingerprint density at radius 2 is 1.83 bits per heavy atom. The smallest absolute Gasteiger partial charge is 0.276 e. The summed E-state index contributed by atoms with van der Waals surface area (Å²) in [5.41, 5.74) is 0.304. The van der Waals surface area contributed by atoms with E-state index in [9.17, 15) is 14.7 Å². The SMILES string of the molecule is CC(=O)N1CCN([C@H]2CCN(C(=O)c3ccon3)CC[C@@H]2O)CC1. The lowest BCUT2D eigenvalue weighted by Crippen LogP contribution is -2.54.